The Labute approximate surface area is 224 Å². The zero-order valence-corrected chi connectivity index (χ0v) is 22.6. The molecule has 9 heteroatoms. The number of methoxy groups -OCH3 is 2. The Kier molecular flexibility index (Phi) is 6.41. The van der Waals surface area contributed by atoms with Crippen LogP contribution in [0.15, 0.2) is 53.7 Å². The Morgan fingerprint density at radius 2 is 1.86 bits per heavy atom. The van der Waals surface area contributed by atoms with Crippen LogP contribution in [0.2, 0.25) is 5.02 Å². The number of nitrogens with two attached hydrogens (primary N) is 1. The van der Waals surface area contributed by atoms with Gasteiger partial charge in [0, 0.05) is 29.2 Å². The molecule has 192 valence electrons. The van der Waals surface area contributed by atoms with E-state index in [-0.39, 0.29) is 17.1 Å². The summed E-state index contributed by atoms with van der Waals surface area (Å²) in [6, 6.07) is 12.6. The summed E-state index contributed by atoms with van der Waals surface area (Å²) in [5.41, 5.74) is 10.4. The second kappa shape index (κ2) is 9.43. The predicted octanol–water partition coefficient (Wildman–Crippen LogP) is 6.45. The molecule has 0 bridgehead atoms. The fourth-order valence-electron chi connectivity index (χ4n) is 5.17. The molecule has 0 spiro atoms. The molecule has 1 aromatic heterocycles. The predicted molar refractivity (Wildman–Crippen MR) is 148 cm³/mol. The topological polar surface area (TPSA) is 103 Å². The Morgan fingerprint density at radius 3 is 2.57 bits per heavy atom. The van der Waals surface area contributed by atoms with E-state index in [0.29, 0.717) is 56.8 Å². The van der Waals surface area contributed by atoms with Crippen molar-refractivity contribution in [3.63, 3.8) is 0 Å². The number of halogens is 1. The van der Waals surface area contributed by atoms with Gasteiger partial charge in [-0.05, 0) is 41.7 Å². The molecule has 4 N–H and O–H groups in total. The van der Waals surface area contributed by atoms with Crippen molar-refractivity contribution in [2.45, 2.75) is 32.6 Å². The molecule has 1 unspecified atom stereocenters. The second-order valence-electron chi connectivity index (χ2n) is 10.0. The highest BCUT2D eigenvalue weighted by Crippen LogP contribution is 2.54. The van der Waals surface area contributed by atoms with E-state index in [4.69, 9.17) is 26.8 Å². The van der Waals surface area contributed by atoms with Crippen molar-refractivity contribution in [2.24, 2.45) is 5.41 Å². The van der Waals surface area contributed by atoms with Crippen LogP contribution in [-0.4, -0.2) is 25.9 Å². The molecule has 1 aliphatic carbocycles. The van der Waals surface area contributed by atoms with E-state index in [1.165, 1.54) is 11.3 Å². The Balaban J connectivity index is 1.65. The molecule has 2 aliphatic rings. The lowest BCUT2D eigenvalue weighted by atomic mass is 9.69. The molecule has 0 radical (unpaired) electrons. The van der Waals surface area contributed by atoms with Gasteiger partial charge in [0.25, 0.3) is 5.91 Å². The zero-order valence-electron chi connectivity index (χ0n) is 21.0. The van der Waals surface area contributed by atoms with Gasteiger partial charge in [-0.1, -0.05) is 43.6 Å². The molecule has 1 aliphatic heterocycles. The lowest BCUT2D eigenvalue weighted by molar-refractivity contribution is -0.118. The smallest absolute Gasteiger partial charge is 0.267 e. The minimum atomic E-state index is -0.451. The van der Waals surface area contributed by atoms with Crippen LogP contribution in [-0.2, 0) is 4.79 Å². The van der Waals surface area contributed by atoms with Crippen LogP contribution in [0, 0.1) is 5.41 Å². The molecular formula is C28H28ClN3O4S. The van der Waals surface area contributed by atoms with Crippen molar-refractivity contribution in [2.75, 3.05) is 30.6 Å². The van der Waals surface area contributed by atoms with Crippen molar-refractivity contribution in [1.82, 2.24) is 0 Å². The average Bonchev–Trinajstić information content (AvgIpc) is 3.18. The minimum Gasteiger partial charge on any atom is -0.493 e. The monoisotopic (exact) mass is 537 g/mol. The summed E-state index contributed by atoms with van der Waals surface area (Å²) >= 11 is 7.53. The van der Waals surface area contributed by atoms with E-state index < -0.39 is 5.92 Å². The third-order valence-electron chi connectivity index (χ3n) is 6.81. The number of allylic oxidation sites excluding steroid dienone is 2. The first kappa shape index (κ1) is 25.2. The number of para-hydroxylation sites is 1. The first-order chi connectivity index (χ1) is 17.6. The SMILES string of the molecule is COc1ccc(C2C3=C(CC(C)(C)CC3=O)Nc3sc(C(=O)Nc4ccccc4Cl)c(N)c32)cc1OC. The number of fused-ring (bicyclic) bond motifs is 1. The highest BCUT2D eigenvalue weighted by molar-refractivity contribution is 7.19. The zero-order chi connectivity index (χ0) is 26.5. The van der Waals surface area contributed by atoms with Crippen LogP contribution >= 0.6 is 22.9 Å². The van der Waals surface area contributed by atoms with E-state index in [9.17, 15) is 9.59 Å². The summed E-state index contributed by atoms with van der Waals surface area (Å²) in [5, 5.41) is 7.51. The van der Waals surface area contributed by atoms with Crippen LogP contribution in [0.4, 0.5) is 16.4 Å². The number of hydrogen-bond acceptors (Lipinski definition) is 7. The maximum absolute atomic E-state index is 13.6. The van der Waals surface area contributed by atoms with Gasteiger partial charge in [-0.3, -0.25) is 9.59 Å². The quantitative estimate of drug-likeness (QED) is 0.345. The Bertz CT molecular complexity index is 1460. The number of hydrogen-bond donors (Lipinski definition) is 3. The summed E-state index contributed by atoms with van der Waals surface area (Å²) < 4.78 is 11.0. The molecule has 1 atom stereocenters. The highest BCUT2D eigenvalue weighted by atomic mass is 35.5. The molecule has 7 nitrogen and oxygen atoms in total. The van der Waals surface area contributed by atoms with E-state index in [1.54, 1.807) is 38.5 Å². The summed E-state index contributed by atoms with van der Waals surface area (Å²) in [4.78, 5) is 27.2. The van der Waals surface area contributed by atoms with Crippen molar-refractivity contribution < 1.29 is 19.1 Å². The molecule has 5 rings (SSSR count). The Morgan fingerprint density at radius 1 is 1.14 bits per heavy atom. The third kappa shape index (κ3) is 4.45. The maximum atomic E-state index is 13.6. The lowest BCUT2D eigenvalue weighted by Gasteiger charge is -2.38. The molecule has 37 heavy (non-hydrogen) atoms. The van der Waals surface area contributed by atoms with Crippen molar-refractivity contribution in [1.29, 1.82) is 0 Å². The van der Waals surface area contributed by atoms with Gasteiger partial charge in [0.05, 0.1) is 35.6 Å². The summed E-state index contributed by atoms with van der Waals surface area (Å²) in [6.45, 7) is 4.17. The molecular weight excluding hydrogens is 510 g/mol. The molecule has 2 aromatic carbocycles. The van der Waals surface area contributed by atoms with E-state index >= 15 is 0 Å². The van der Waals surface area contributed by atoms with E-state index in [1.807, 2.05) is 18.2 Å². The summed E-state index contributed by atoms with van der Waals surface area (Å²) in [7, 11) is 3.15. The van der Waals surface area contributed by atoms with Gasteiger partial charge in [0.1, 0.15) is 4.88 Å². The van der Waals surface area contributed by atoms with Gasteiger partial charge in [-0.15, -0.1) is 11.3 Å². The van der Waals surface area contributed by atoms with Gasteiger partial charge in [0.2, 0.25) is 0 Å². The van der Waals surface area contributed by atoms with Crippen LogP contribution in [0.1, 0.15) is 53.4 Å². The van der Waals surface area contributed by atoms with E-state index in [0.717, 1.165) is 16.3 Å². The van der Waals surface area contributed by atoms with Crippen LogP contribution in [0.25, 0.3) is 0 Å². The molecule has 3 aromatic rings. The number of amides is 1. The lowest BCUT2D eigenvalue weighted by Crippen LogP contribution is -2.33. The molecule has 0 saturated carbocycles. The van der Waals surface area contributed by atoms with Crippen molar-refractivity contribution >= 4 is 51.0 Å². The second-order valence-corrected chi connectivity index (χ2v) is 11.5. The number of ether oxygens (including phenoxy) is 2. The fraction of sp³-hybridized carbons (Fsp3) is 0.286. The Hall–Kier alpha value is -3.49. The molecule has 0 fully saturated rings. The standard InChI is InChI=1S/C28H28ClN3O4S/c1-28(2)12-17-22(18(33)13-28)21(14-9-10-19(35-3)20(11-14)36-4)23-24(30)25(37-27(23)32-17)26(34)31-16-8-6-5-7-15(16)29/h5-11,21,32H,12-13,30H2,1-4H3,(H,31,34). The molecule has 2 heterocycles. The summed E-state index contributed by atoms with van der Waals surface area (Å²) in [6.07, 6.45) is 1.13. The number of carbonyl (C=O) groups is 2. The van der Waals surface area contributed by atoms with Gasteiger partial charge in [-0.2, -0.15) is 0 Å². The number of benzene rings is 2. The van der Waals surface area contributed by atoms with Gasteiger partial charge < -0.3 is 25.8 Å². The number of Topliss-reactive ketones (excluding diaryl/α,β-unsaturated/α-hetero) is 1. The number of thiophene rings is 1. The number of nitrogens with one attached hydrogen (secondary N) is 2. The number of ketones is 1. The summed E-state index contributed by atoms with van der Waals surface area (Å²) in [5.74, 6) is 0.396. The minimum absolute atomic E-state index is 0.0665. The van der Waals surface area contributed by atoms with Crippen LogP contribution in [0.5, 0.6) is 11.5 Å². The van der Waals surface area contributed by atoms with Crippen molar-refractivity contribution in [3.05, 3.63) is 74.8 Å². The third-order valence-corrected chi connectivity index (χ3v) is 8.28. The van der Waals surface area contributed by atoms with Crippen LogP contribution in [0.3, 0.4) is 0 Å². The first-order valence-electron chi connectivity index (χ1n) is 11.9. The van der Waals surface area contributed by atoms with Gasteiger partial charge in [0.15, 0.2) is 17.3 Å². The van der Waals surface area contributed by atoms with Gasteiger partial charge >= 0.3 is 0 Å². The average molecular weight is 538 g/mol. The van der Waals surface area contributed by atoms with E-state index in [2.05, 4.69) is 24.5 Å². The largest absolute Gasteiger partial charge is 0.493 e. The first-order valence-corrected chi connectivity index (χ1v) is 13.1. The molecule has 0 saturated heterocycles. The number of anilines is 3. The highest BCUT2D eigenvalue weighted by Gasteiger charge is 2.43. The number of nitrogen functional groups attached to an aromatic ring is 1. The number of carbonyl (C=O) groups excluding carboxylic acids is 2. The fourth-order valence-corrected chi connectivity index (χ4v) is 6.44. The van der Waals surface area contributed by atoms with Crippen molar-refractivity contribution in [3.8, 4) is 11.5 Å². The number of rotatable bonds is 5. The van der Waals surface area contributed by atoms with Crippen LogP contribution < -0.4 is 25.8 Å². The molecule has 1 amide bonds. The maximum Gasteiger partial charge on any atom is 0.267 e. The van der Waals surface area contributed by atoms with Gasteiger partial charge in [-0.25, -0.2) is 0 Å². The normalized spacial score (nSPS) is 18.0.